The first-order valence-electron chi connectivity index (χ1n) is 6.84. The number of aliphatic hydroxyl groups excluding tert-OH is 1. The van der Waals surface area contributed by atoms with E-state index in [1.807, 2.05) is 6.92 Å². The van der Waals surface area contributed by atoms with E-state index >= 15 is 0 Å². The Hall–Kier alpha value is -0.420. The second-order valence-electron chi connectivity index (χ2n) is 5.13. The fraction of sp³-hybridized carbons (Fsp3) is 0.923. The average Bonchev–Trinajstić information content (AvgIpc) is 2.36. The molecule has 0 aromatic heterocycles. The molecule has 3 N–H and O–H groups in total. The molecule has 5 heteroatoms. The van der Waals surface area contributed by atoms with Gasteiger partial charge in [0.2, 0.25) is 0 Å². The van der Waals surface area contributed by atoms with Gasteiger partial charge in [-0.05, 0) is 38.2 Å². The van der Waals surface area contributed by atoms with Gasteiger partial charge in [0.05, 0.1) is 0 Å². The minimum Gasteiger partial charge on any atom is -0.396 e. The molecular formula is C13H26N2O2S. The van der Waals surface area contributed by atoms with Crippen LogP contribution in [0.25, 0.3) is 0 Å². The molecule has 18 heavy (non-hydrogen) atoms. The highest BCUT2D eigenvalue weighted by Gasteiger charge is 2.25. The van der Waals surface area contributed by atoms with Gasteiger partial charge in [-0.1, -0.05) is 12.8 Å². The summed E-state index contributed by atoms with van der Waals surface area (Å²) in [6, 6.07) is 0.249. The topological polar surface area (TPSA) is 61.4 Å². The maximum Gasteiger partial charge on any atom is 0.315 e. The van der Waals surface area contributed by atoms with Crippen LogP contribution in [0.15, 0.2) is 0 Å². The molecule has 4 nitrogen and oxygen atoms in total. The van der Waals surface area contributed by atoms with Crippen LogP contribution in [0.3, 0.4) is 0 Å². The normalized spacial score (nSPS) is 25.5. The number of hydrogen-bond acceptors (Lipinski definition) is 3. The van der Waals surface area contributed by atoms with E-state index in [-0.39, 0.29) is 30.6 Å². The van der Waals surface area contributed by atoms with E-state index in [1.54, 1.807) is 11.8 Å². The molecule has 0 aromatic rings. The molecule has 106 valence electrons. The lowest BCUT2D eigenvalue weighted by molar-refractivity contribution is 0.153. The molecule has 1 aliphatic rings. The number of carbonyl (C=O) groups is 1. The highest BCUT2D eigenvalue weighted by atomic mass is 32.2. The molecule has 1 saturated carbocycles. The number of nitrogens with one attached hydrogen (secondary N) is 2. The number of hydrogen-bond donors (Lipinski definition) is 3. The van der Waals surface area contributed by atoms with Crippen LogP contribution >= 0.6 is 11.8 Å². The first kappa shape index (κ1) is 15.6. The summed E-state index contributed by atoms with van der Waals surface area (Å²) in [4.78, 5) is 11.8. The van der Waals surface area contributed by atoms with Gasteiger partial charge in [-0.25, -0.2) is 4.79 Å². The molecule has 0 heterocycles. The van der Waals surface area contributed by atoms with Crippen LogP contribution in [0.2, 0.25) is 0 Å². The van der Waals surface area contributed by atoms with Gasteiger partial charge >= 0.3 is 6.03 Å². The minimum atomic E-state index is -0.0889. The summed E-state index contributed by atoms with van der Waals surface area (Å²) in [7, 11) is 0. The fourth-order valence-electron chi connectivity index (χ4n) is 2.42. The van der Waals surface area contributed by atoms with Gasteiger partial charge in [0.15, 0.2) is 0 Å². The number of aliphatic hydroxyl groups is 1. The van der Waals surface area contributed by atoms with Crippen molar-refractivity contribution in [1.29, 1.82) is 0 Å². The Balaban J connectivity index is 2.29. The highest BCUT2D eigenvalue weighted by molar-refractivity contribution is 7.98. The zero-order chi connectivity index (χ0) is 13.4. The highest BCUT2D eigenvalue weighted by Crippen LogP contribution is 2.23. The van der Waals surface area contributed by atoms with Crippen molar-refractivity contribution < 1.29 is 9.90 Å². The molecule has 2 amide bonds. The van der Waals surface area contributed by atoms with Crippen LogP contribution in [0.1, 0.15) is 39.0 Å². The number of thioether (sulfide) groups is 1. The molecule has 0 radical (unpaired) electrons. The van der Waals surface area contributed by atoms with Crippen LogP contribution in [-0.2, 0) is 0 Å². The van der Waals surface area contributed by atoms with Crippen molar-refractivity contribution in [3.8, 4) is 0 Å². The van der Waals surface area contributed by atoms with E-state index in [4.69, 9.17) is 0 Å². The fourth-order valence-corrected chi connectivity index (χ4v) is 3.01. The van der Waals surface area contributed by atoms with Crippen molar-refractivity contribution in [2.45, 2.75) is 51.1 Å². The van der Waals surface area contributed by atoms with Gasteiger partial charge in [0, 0.05) is 24.6 Å². The SMILES string of the molecule is CSCC[C@H](C)NC(=O)N[C@H]1CCCC[C@@H]1CO. The maximum absolute atomic E-state index is 11.8. The molecule has 1 aliphatic carbocycles. The van der Waals surface area contributed by atoms with Gasteiger partial charge < -0.3 is 15.7 Å². The molecule has 0 aliphatic heterocycles. The lowest BCUT2D eigenvalue weighted by Crippen LogP contribution is -2.49. The van der Waals surface area contributed by atoms with E-state index in [0.29, 0.717) is 0 Å². The summed E-state index contributed by atoms with van der Waals surface area (Å²) in [6.07, 6.45) is 7.36. The van der Waals surface area contributed by atoms with Gasteiger partial charge in [0.25, 0.3) is 0 Å². The van der Waals surface area contributed by atoms with E-state index in [1.165, 1.54) is 0 Å². The van der Waals surface area contributed by atoms with Crippen molar-refractivity contribution in [2.75, 3.05) is 18.6 Å². The van der Waals surface area contributed by atoms with Crippen molar-refractivity contribution in [1.82, 2.24) is 10.6 Å². The predicted molar refractivity (Wildman–Crippen MR) is 77.0 cm³/mol. The quantitative estimate of drug-likeness (QED) is 0.694. The standard InChI is InChI=1S/C13H26N2O2S/c1-10(7-8-18-2)14-13(17)15-12-6-4-3-5-11(12)9-16/h10-12,16H,3-9H2,1-2H3,(H2,14,15,17)/t10-,11+,12-/m0/s1. The largest absolute Gasteiger partial charge is 0.396 e. The molecule has 0 bridgehead atoms. The van der Waals surface area contributed by atoms with Crippen molar-refractivity contribution in [2.24, 2.45) is 5.92 Å². The zero-order valence-corrected chi connectivity index (χ0v) is 12.3. The van der Waals surface area contributed by atoms with E-state index in [9.17, 15) is 9.90 Å². The van der Waals surface area contributed by atoms with Crippen LogP contribution < -0.4 is 10.6 Å². The van der Waals surface area contributed by atoms with Crippen LogP contribution in [-0.4, -0.2) is 41.8 Å². The molecule has 1 fully saturated rings. The summed E-state index contributed by atoms with van der Waals surface area (Å²) < 4.78 is 0. The predicted octanol–water partition coefficient (Wildman–Crippen LogP) is 1.98. The van der Waals surface area contributed by atoms with E-state index < -0.39 is 0 Å². The number of carbonyl (C=O) groups excluding carboxylic acids is 1. The van der Waals surface area contributed by atoms with Gasteiger partial charge in [-0.15, -0.1) is 0 Å². The molecule has 0 spiro atoms. The summed E-state index contributed by atoms with van der Waals surface area (Å²) >= 11 is 1.79. The zero-order valence-electron chi connectivity index (χ0n) is 11.4. The molecule has 3 atom stereocenters. The Morgan fingerprint density at radius 3 is 2.83 bits per heavy atom. The number of rotatable bonds is 6. The molecule has 0 aromatic carbocycles. The third-order valence-electron chi connectivity index (χ3n) is 3.59. The van der Waals surface area contributed by atoms with E-state index in [0.717, 1.165) is 37.9 Å². The maximum atomic E-state index is 11.8. The van der Waals surface area contributed by atoms with Crippen LogP contribution in [0, 0.1) is 5.92 Å². The Bertz CT molecular complexity index is 251. The number of amides is 2. The minimum absolute atomic E-state index is 0.0889. The second-order valence-corrected chi connectivity index (χ2v) is 6.12. The second kappa shape index (κ2) is 8.64. The van der Waals surface area contributed by atoms with Crippen molar-refractivity contribution in [3.63, 3.8) is 0 Å². The Kier molecular flexibility index (Phi) is 7.51. The molecule has 0 saturated heterocycles. The van der Waals surface area contributed by atoms with Gasteiger partial charge in [0.1, 0.15) is 0 Å². The van der Waals surface area contributed by atoms with Gasteiger partial charge in [-0.3, -0.25) is 0 Å². The lowest BCUT2D eigenvalue weighted by Gasteiger charge is -2.31. The Morgan fingerprint density at radius 2 is 2.17 bits per heavy atom. The molecule has 1 rings (SSSR count). The lowest BCUT2D eigenvalue weighted by atomic mass is 9.85. The van der Waals surface area contributed by atoms with Crippen LogP contribution in [0.5, 0.6) is 0 Å². The summed E-state index contributed by atoms with van der Waals surface area (Å²) in [5, 5.41) is 15.3. The Morgan fingerprint density at radius 1 is 1.44 bits per heavy atom. The average molecular weight is 274 g/mol. The molecular weight excluding hydrogens is 248 g/mol. The van der Waals surface area contributed by atoms with Crippen molar-refractivity contribution in [3.05, 3.63) is 0 Å². The van der Waals surface area contributed by atoms with Crippen molar-refractivity contribution >= 4 is 17.8 Å². The third kappa shape index (κ3) is 5.48. The third-order valence-corrected chi connectivity index (χ3v) is 4.24. The smallest absolute Gasteiger partial charge is 0.315 e. The molecule has 0 unspecified atom stereocenters. The summed E-state index contributed by atoms with van der Waals surface area (Å²) in [5.74, 6) is 1.29. The monoisotopic (exact) mass is 274 g/mol. The van der Waals surface area contributed by atoms with Crippen LogP contribution in [0.4, 0.5) is 4.79 Å². The summed E-state index contributed by atoms with van der Waals surface area (Å²) in [5.41, 5.74) is 0. The van der Waals surface area contributed by atoms with E-state index in [2.05, 4.69) is 16.9 Å². The first-order valence-corrected chi connectivity index (χ1v) is 8.23. The summed E-state index contributed by atoms with van der Waals surface area (Å²) in [6.45, 7) is 2.20. The first-order chi connectivity index (χ1) is 8.67. The number of urea groups is 1. The van der Waals surface area contributed by atoms with Gasteiger partial charge in [-0.2, -0.15) is 11.8 Å². The Labute approximate surface area is 114 Å².